The first kappa shape index (κ1) is 11.5. The molecule has 2 aromatic rings. The van der Waals surface area contributed by atoms with Crippen LogP contribution in [0, 0.1) is 0 Å². The van der Waals surface area contributed by atoms with E-state index in [0.717, 1.165) is 6.54 Å². The van der Waals surface area contributed by atoms with E-state index >= 15 is 0 Å². The summed E-state index contributed by atoms with van der Waals surface area (Å²) in [6, 6.07) is 18.8. The number of benzene rings is 2. The molecular weight excluding hydrogens is 206 g/mol. The molecule has 0 aliphatic rings. The second-order valence-electron chi connectivity index (χ2n) is 3.84. The van der Waals surface area contributed by atoms with Crippen LogP contribution in [0.25, 0.3) is 6.08 Å². The molecule has 0 aliphatic heterocycles. The fraction of sp³-hybridized carbons (Fsp3) is 0.125. The van der Waals surface area contributed by atoms with Gasteiger partial charge in [0.1, 0.15) is 0 Å². The molecule has 0 spiro atoms. The van der Waals surface area contributed by atoms with E-state index in [-0.39, 0.29) is 0 Å². The normalized spacial score (nSPS) is 9.94. The highest BCUT2D eigenvalue weighted by atomic mass is 15.1. The Hall–Kier alpha value is -2.02. The number of hydrogen-bond donors (Lipinski definition) is 0. The van der Waals surface area contributed by atoms with Crippen molar-refractivity contribution in [3.8, 4) is 0 Å². The molecule has 0 aromatic heterocycles. The summed E-state index contributed by atoms with van der Waals surface area (Å²) in [7, 11) is 0. The Morgan fingerprint density at radius 1 is 1.00 bits per heavy atom. The highest BCUT2D eigenvalue weighted by Crippen LogP contribution is 2.28. The van der Waals surface area contributed by atoms with Gasteiger partial charge in [-0.2, -0.15) is 0 Å². The lowest BCUT2D eigenvalue weighted by Crippen LogP contribution is -2.16. The molecule has 2 rings (SSSR count). The van der Waals surface area contributed by atoms with Crippen molar-refractivity contribution in [3.63, 3.8) is 0 Å². The van der Waals surface area contributed by atoms with Gasteiger partial charge in [-0.15, -0.1) is 0 Å². The van der Waals surface area contributed by atoms with Gasteiger partial charge in [-0.3, -0.25) is 0 Å². The molecule has 0 atom stereocenters. The van der Waals surface area contributed by atoms with E-state index in [1.165, 1.54) is 16.9 Å². The van der Waals surface area contributed by atoms with Gasteiger partial charge in [0, 0.05) is 17.9 Å². The van der Waals surface area contributed by atoms with Gasteiger partial charge in [0.15, 0.2) is 0 Å². The van der Waals surface area contributed by atoms with E-state index in [1.807, 2.05) is 18.2 Å². The molecule has 0 N–H and O–H groups in total. The lowest BCUT2D eigenvalue weighted by atomic mass is 10.1. The fourth-order valence-electron chi connectivity index (χ4n) is 2.01. The second-order valence-corrected chi connectivity index (χ2v) is 3.84. The van der Waals surface area contributed by atoms with Crippen molar-refractivity contribution in [1.29, 1.82) is 0 Å². The van der Waals surface area contributed by atoms with Gasteiger partial charge in [0.2, 0.25) is 0 Å². The predicted octanol–water partition coefficient (Wildman–Crippen LogP) is 4.49. The minimum atomic E-state index is 0.939. The summed E-state index contributed by atoms with van der Waals surface area (Å²) >= 11 is 0. The van der Waals surface area contributed by atoms with Crippen LogP contribution in [0.15, 0.2) is 61.2 Å². The zero-order valence-corrected chi connectivity index (χ0v) is 10.1. The summed E-state index contributed by atoms with van der Waals surface area (Å²) in [5.41, 5.74) is 3.58. The third-order valence-corrected chi connectivity index (χ3v) is 2.83. The van der Waals surface area contributed by atoms with Gasteiger partial charge in [0.25, 0.3) is 0 Å². The van der Waals surface area contributed by atoms with E-state index in [1.54, 1.807) is 0 Å². The largest absolute Gasteiger partial charge is 0.341 e. The Bertz CT molecular complexity index is 488. The van der Waals surface area contributed by atoms with E-state index in [2.05, 4.69) is 60.9 Å². The first-order chi connectivity index (χ1) is 8.36. The van der Waals surface area contributed by atoms with Gasteiger partial charge >= 0.3 is 0 Å². The van der Waals surface area contributed by atoms with Crippen LogP contribution in [0.4, 0.5) is 11.4 Å². The quantitative estimate of drug-likeness (QED) is 0.738. The highest BCUT2D eigenvalue weighted by molar-refractivity contribution is 5.73. The minimum Gasteiger partial charge on any atom is -0.341 e. The first-order valence-electron chi connectivity index (χ1n) is 5.91. The molecule has 0 saturated heterocycles. The van der Waals surface area contributed by atoms with Gasteiger partial charge in [-0.05, 0) is 30.7 Å². The summed E-state index contributed by atoms with van der Waals surface area (Å²) in [5, 5.41) is 0. The van der Waals surface area contributed by atoms with Crippen molar-refractivity contribution >= 4 is 17.5 Å². The molecule has 0 radical (unpaired) electrons. The average Bonchev–Trinajstić information content (AvgIpc) is 2.41. The maximum absolute atomic E-state index is 3.88. The second kappa shape index (κ2) is 5.35. The maximum atomic E-state index is 3.88. The summed E-state index contributed by atoms with van der Waals surface area (Å²) in [6.45, 7) is 6.97. The standard InChI is InChI=1S/C16H17N/c1-3-14-10-8-9-13-16(14)17(4-2)15-11-6-5-7-12-15/h3,5-13H,1,4H2,2H3. The van der Waals surface area contributed by atoms with Crippen LogP contribution in [-0.2, 0) is 0 Å². The Morgan fingerprint density at radius 2 is 1.65 bits per heavy atom. The molecule has 0 bridgehead atoms. The number of anilines is 2. The molecule has 0 aliphatic carbocycles. The van der Waals surface area contributed by atoms with Crippen LogP contribution in [0.3, 0.4) is 0 Å². The zero-order valence-electron chi connectivity index (χ0n) is 10.1. The molecule has 2 aromatic carbocycles. The summed E-state index contributed by atoms with van der Waals surface area (Å²) in [6.07, 6.45) is 1.90. The predicted molar refractivity (Wildman–Crippen MR) is 75.7 cm³/mol. The van der Waals surface area contributed by atoms with Crippen molar-refractivity contribution in [3.05, 3.63) is 66.7 Å². The van der Waals surface area contributed by atoms with E-state index in [4.69, 9.17) is 0 Å². The SMILES string of the molecule is C=Cc1ccccc1N(CC)c1ccccc1. The van der Waals surface area contributed by atoms with E-state index in [9.17, 15) is 0 Å². The molecule has 1 heteroatoms. The number of hydrogen-bond acceptors (Lipinski definition) is 1. The average molecular weight is 223 g/mol. The zero-order chi connectivity index (χ0) is 12.1. The lowest BCUT2D eigenvalue weighted by molar-refractivity contribution is 1.02. The van der Waals surface area contributed by atoms with E-state index in [0.29, 0.717) is 0 Å². The number of rotatable bonds is 4. The van der Waals surface area contributed by atoms with Crippen LogP contribution in [0.1, 0.15) is 12.5 Å². The molecule has 86 valence electrons. The molecule has 0 saturated carbocycles. The summed E-state index contributed by atoms with van der Waals surface area (Å²) in [5.74, 6) is 0. The molecule has 17 heavy (non-hydrogen) atoms. The van der Waals surface area contributed by atoms with Crippen molar-refractivity contribution in [2.45, 2.75) is 6.92 Å². The molecule has 0 amide bonds. The van der Waals surface area contributed by atoms with Gasteiger partial charge in [0.05, 0.1) is 0 Å². The molecular formula is C16H17N. The monoisotopic (exact) mass is 223 g/mol. The smallest absolute Gasteiger partial charge is 0.0484 e. The molecule has 0 unspecified atom stereocenters. The third-order valence-electron chi connectivity index (χ3n) is 2.83. The number of nitrogens with zero attached hydrogens (tertiary/aromatic N) is 1. The van der Waals surface area contributed by atoms with Crippen molar-refractivity contribution in [1.82, 2.24) is 0 Å². The summed E-state index contributed by atoms with van der Waals surface area (Å²) < 4.78 is 0. The Kier molecular flexibility index (Phi) is 3.61. The minimum absolute atomic E-state index is 0.939. The molecule has 0 heterocycles. The highest BCUT2D eigenvalue weighted by Gasteiger charge is 2.08. The molecule has 0 fully saturated rings. The number of para-hydroxylation sites is 2. The third kappa shape index (κ3) is 2.39. The van der Waals surface area contributed by atoms with Gasteiger partial charge in [-0.25, -0.2) is 0 Å². The summed E-state index contributed by atoms with van der Waals surface area (Å²) in [4.78, 5) is 2.29. The maximum Gasteiger partial charge on any atom is 0.0484 e. The van der Waals surface area contributed by atoms with Crippen LogP contribution in [0.5, 0.6) is 0 Å². The van der Waals surface area contributed by atoms with Crippen molar-refractivity contribution in [2.75, 3.05) is 11.4 Å². The van der Waals surface area contributed by atoms with Crippen LogP contribution < -0.4 is 4.90 Å². The van der Waals surface area contributed by atoms with Gasteiger partial charge in [-0.1, -0.05) is 49.1 Å². The Morgan fingerprint density at radius 3 is 2.29 bits per heavy atom. The van der Waals surface area contributed by atoms with Crippen LogP contribution in [0.2, 0.25) is 0 Å². The van der Waals surface area contributed by atoms with E-state index < -0.39 is 0 Å². The fourth-order valence-corrected chi connectivity index (χ4v) is 2.01. The topological polar surface area (TPSA) is 3.24 Å². The van der Waals surface area contributed by atoms with Crippen molar-refractivity contribution in [2.24, 2.45) is 0 Å². The van der Waals surface area contributed by atoms with Crippen molar-refractivity contribution < 1.29 is 0 Å². The first-order valence-corrected chi connectivity index (χ1v) is 5.91. The van der Waals surface area contributed by atoms with Crippen LogP contribution >= 0.6 is 0 Å². The van der Waals surface area contributed by atoms with Gasteiger partial charge < -0.3 is 4.90 Å². The lowest BCUT2D eigenvalue weighted by Gasteiger charge is -2.25. The van der Waals surface area contributed by atoms with Crippen LogP contribution in [-0.4, -0.2) is 6.54 Å². The Balaban J connectivity index is 2.46. The molecule has 1 nitrogen and oxygen atoms in total. The Labute approximate surface area is 103 Å².